The summed E-state index contributed by atoms with van der Waals surface area (Å²) in [5.41, 5.74) is 4.47. The molecular formula is C17H21N3O. The average molecular weight is 283 g/mol. The lowest BCUT2D eigenvalue weighted by Gasteiger charge is -2.12. The standard InChI is InChI=1S/C17H21N3O/c1-4-18-16-10-12(2)8-9-15(16)17(21)19-11-14-7-5-6-13(3)20-14/h5-10,18H,4,11H2,1-3H3,(H,19,21). The normalized spacial score (nSPS) is 10.2. The van der Waals surface area contributed by atoms with Gasteiger partial charge in [0.15, 0.2) is 0 Å². The Morgan fingerprint density at radius 1 is 1.19 bits per heavy atom. The number of hydrogen-bond donors (Lipinski definition) is 2. The van der Waals surface area contributed by atoms with Gasteiger partial charge in [-0.05, 0) is 50.6 Å². The molecule has 0 radical (unpaired) electrons. The first-order chi connectivity index (χ1) is 10.1. The van der Waals surface area contributed by atoms with Crippen molar-refractivity contribution in [2.24, 2.45) is 0 Å². The second-order valence-corrected chi connectivity index (χ2v) is 5.03. The lowest BCUT2D eigenvalue weighted by Crippen LogP contribution is -2.24. The van der Waals surface area contributed by atoms with E-state index in [1.165, 1.54) is 0 Å². The topological polar surface area (TPSA) is 54.0 Å². The van der Waals surface area contributed by atoms with E-state index in [4.69, 9.17) is 0 Å². The Bertz CT molecular complexity index is 638. The molecule has 0 saturated carbocycles. The molecule has 4 nitrogen and oxygen atoms in total. The molecule has 1 amide bonds. The van der Waals surface area contributed by atoms with Gasteiger partial charge in [-0.15, -0.1) is 0 Å². The second-order valence-electron chi connectivity index (χ2n) is 5.03. The van der Waals surface area contributed by atoms with Gasteiger partial charge in [-0.2, -0.15) is 0 Å². The van der Waals surface area contributed by atoms with Crippen molar-refractivity contribution >= 4 is 11.6 Å². The number of rotatable bonds is 5. The Morgan fingerprint density at radius 3 is 2.71 bits per heavy atom. The van der Waals surface area contributed by atoms with Crippen molar-refractivity contribution < 1.29 is 4.79 Å². The lowest BCUT2D eigenvalue weighted by atomic mass is 10.1. The third-order valence-electron chi connectivity index (χ3n) is 3.16. The molecule has 0 spiro atoms. The Labute approximate surface area is 125 Å². The van der Waals surface area contributed by atoms with Crippen molar-refractivity contribution in [3.05, 3.63) is 58.9 Å². The van der Waals surface area contributed by atoms with Crippen LogP contribution in [0.1, 0.15) is 34.2 Å². The van der Waals surface area contributed by atoms with Gasteiger partial charge in [-0.3, -0.25) is 9.78 Å². The summed E-state index contributed by atoms with van der Waals surface area (Å²) < 4.78 is 0. The fourth-order valence-corrected chi connectivity index (χ4v) is 2.16. The van der Waals surface area contributed by atoms with Crippen LogP contribution in [-0.2, 0) is 6.54 Å². The summed E-state index contributed by atoms with van der Waals surface area (Å²) in [5.74, 6) is -0.0887. The molecule has 1 aromatic heterocycles. The lowest BCUT2D eigenvalue weighted by molar-refractivity contribution is 0.0951. The molecule has 0 unspecified atom stereocenters. The molecule has 0 aliphatic carbocycles. The highest BCUT2D eigenvalue weighted by molar-refractivity contribution is 5.99. The molecule has 0 bridgehead atoms. The van der Waals surface area contributed by atoms with Crippen molar-refractivity contribution in [3.8, 4) is 0 Å². The summed E-state index contributed by atoms with van der Waals surface area (Å²) in [5, 5.41) is 6.15. The van der Waals surface area contributed by atoms with Crippen LogP contribution in [0.4, 0.5) is 5.69 Å². The third kappa shape index (κ3) is 4.05. The zero-order valence-corrected chi connectivity index (χ0v) is 12.7. The van der Waals surface area contributed by atoms with Crippen molar-refractivity contribution in [1.82, 2.24) is 10.3 Å². The maximum atomic E-state index is 12.3. The van der Waals surface area contributed by atoms with E-state index in [1.54, 1.807) is 0 Å². The predicted octanol–water partition coefficient (Wildman–Crippen LogP) is 3.06. The smallest absolute Gasteiger partial charge is 0.253 e. The molecule has 0 aliphatic rings. The minimum atomic E-state index is -0.0887. The SMILES string of the molecule is CCNc1cc(C)ccc1C(=O)NCc1cccc(C)n1. The van der Waals surface area contributed by atoms with Crippen LogP contribution in [-0.4, -0.2) is 17.4 Å². The van der Waals surface area contributed by atoms with Gasteiger partial charge in [0.1, 0.15) is 0 Å². The largest absolute Gasteiger partial charge is 0.385 e. The molecule has 2 aromatic rings. The first-order valence-electron chi connectivity index (χ1n) is 7.15. The summed E-state index contributed by atoms with van der Waals surface area (Å²) in [7, 11) is 0. The molecule has 4 heteroatoms. The highest BCUT2D eigenvalue weighted by Crippen LogP contribution is 2.17. The van der Waals surface area contributed by atoms with Crippen molar-refractivity contribution in [2.45, 2.75) is 27.3 Å². The summed E-state index contributed by atoms with van der Waals surface area (Å²) >= 11 is 0. The minimum Gasteiger partial charge on any atom is -0.385 e. The molecule has 0 aliphatic heterocycles. The quantitative estimate of drug-likeness (QED) is 0.886. The van der Waals surface area contributed by atoms with E-state index in [-0.39, 0.29) is 5.91 Å². The van der Waals surface area contributed by atoms with Crippen molar-refractivity contribution in [1.29, 1.82) is 0 Å². The second kappa shape index (κ2) is 6.88. The summed E-state index contributed by atoms with van der Waals surface area (Å²) in [6.45, 7) is 7.18. The molecule has 2 rings (SSSR count). The van der Waals surface area contributed by atoms with E-state index in [0.717, 1.165) is 29.2 Å². The number of hydrogen-bond acceptors (Lipinski definition) is 3. The van der Waals surface area contributed by atoms with Gasteiger partial charge in [0, 0.05) is 17.9 Å². The summed E-state index contributed by atoms with van der Waals surface area (Å²) in [6.07, 6.45) is 0. The zero-order valence-electron chi connectivity index (χ0n) is 12.7. The average Bonchev–Trinajstić information content (AvgIpc) is 2.45. The van der Waals surface area contributed by atoms with Gasteiger partial charge in [-0.25, -0.2) is 0 Å². The number of pyridine rings is 1. The number of aromatic nitrogens is 1. The van der Waals surface area contributed by atoms with Crippen LogP contribution in [0, 0.1) is 13.8 Å². The van der Waals surface area contributed by atoms with Crippen LogP contribution in [0.25, 0.3) is 0 Å². The van der Waals surface area contributed by atoms with E-state index in [2.05, 4.69) is 15.6 Å². The van der Waals surface area contributed by atoms with E-state index < -0.39 is 0 Å². The molecule has 21 heavy (non-hydrogen) atoms. The van der Waals surface area contributed by atoms with Gasteiger partial charge in [0.25, 0.3) is 5.91 Å². The van der Waals surface area contributed by atoms with Crippen LogP contribution in [0.15, 0.2) is 36.4 Å². The molecule has 0 fully saturated rings. The van der Waals surface area contributed by atoms with Crippen LogP contribution < -0.4 is 10.6 Å². The number of amides is 1. The van der Waals surface area contributed by atoms with Crippen LogP contribution in [0.2, 0.25) is 0 Å². The third-order valence-corrected chi connectivity index (χ3v) is 3.16. The maximum Gasteiger partial charge on any atom is 0.253 e. The first kappa shape index (κ1) is 15.0. The van der Waals surface area contributed by atoms with E-state index in [1.807, 2.05) is 57.2 Å². The first-order valence-corrected chi connectivity index (χ1v) is 7.15. The van der Waals surface area contributed by atoms with Gasteiger partial charge in [-0.1, -0.05) is 12.1 Å². The van der Waals surface area contributed by atoms with Crippen molar-refractivity contribution in [2.75, 3.05) is 11.9 Å². The van der Waals surface area contributed by atoms with Crippen LogP contribution in [0.3, 0.4) is 0 Å². The Hall–Kier alpha value is -2.36. The van der Waals surface area contributed by atoms with E-state index in [9.17, 15) is 4.79 Å². The molecular weight excluding hydrogens is 262 g/mol. The zero-order chi connectivity index (χ0) is 15.2. The highest BCUT2D eigenvalue weighted by Gasteiger charge is 2.11. The van der Waals surface area contributed by atoms with Gasteiger partial charge < -0.3 is 10.6 Å². The maximum absolute atomic E-state index is 12.3. The Kier molecular flexibility index (Phi) is 4.93. The minimum absolute atomic E-state index is 0.0887. The van der Waals surface area contributed by atoms with Crippen LogP contribution in [0.5, 0.6) is 0 Å². The van der Waals surface area contributed by atoms with Crippen molar-refractivity contribution in [3.63, 3.8) is 0 Å². The van der Waals surface area contributed by atoms with Gasteiger partial charge in [0.05, 0.1) is 17.8 Å². The number of benzene rings is 1. The Morgan fingerprint density at radius 2 is 2.00 bits per heavy atom. The van der Waals surface area contributed by atoms with E-state index in [0.29, 0.717) is 12.1 Å². The molecule has 1 heterocycles. The molecule has 0 atom stereocenters. The molecule has 1 aromatic carbocycles. The summed E-state index contributed by atoms with van der Waals surface area (Å²) in [6, 6.07) is 11.6. The van der Waals surface area contributed by atoms with Crippen LogP contribution >= 0.6 is 0 Å². The number of carbonyl (C=O) groups excluding carboxylic acids is 1. The molecule has 2 N–H and O–H groups in total. The number of nitrogens with one attached hydrogen (secondary N) is 2. The Balaban J connectivity index is 2.09. The fourth-order valence-electron chi connectivity index (χ4n) is 2.16. The number of aryl methyl sites for hydroxylation is 2. The van der Waals surface area contributed by atoms with Gasteiger partial charge in [0.2, 0.25) is 0 Å². The molecule has 110 valence electrons. The van der Waals surface area contributed by atoms with E-state index >= 15 is 0 Å². The molecule has 0 saturated heterocycles. The number of anilines is 1. The predicted molar refractivity (Wildman–Crippen MR) is 85.5 cm³/mol. The summed E-state index contributed by atoms with van der Waals surface area (Å²) in [4.78, 5) is 16.7. The highest BCUT2D eigenvalue weighted by atomic mass is 16.1. The monoisotopic (exact) mass is 283 g/mol. The fraction of sp³-hybridized carbons (Fsp3) is 0.294. The number of carbonyl (C=O) groups is 1. The number of nitrogens with zero attached hydrogens (tertiary/aromatic N) is 1. The van der Waals surface area contributed by atoms with Gasteiger partial charge >= 0.3 is 0 Å².